The summed E-state index contributed by atoms with van der Waals surface area (Å²) in [6, 6.07) is 1.49. The van der Waals surface area contributed by atoms with Crippen molar-refractivity contribution in [2.75, 3.05) is 0 Å². The van der Waals surface area contributed by atoms with Crippen molar-refractivity contribution in [3.63, 3.8) is 0 Å². The molecule has 0 radical (unpaired) electrons. The zero-order chi connectivity index (χ0) is 8.43. The summed E-state index contributed by atoms with van der Waals surface area (Å²) in [5.74, 6) is 0.0629. The molecule has 0 aliphatic rings. The largest absolute Gasteiger partial charge is 0.475 e. The van der Waals surface area contributed by atoms with Gasteiger partial charge < -0.3 is 9.52 Å². The van der Waals surface area contributed by atoms with Crippen LogP contribution >= 0.6 is 12.6 Å². The fraction of sp³-hybridized carbons (Fsp3) is 0.286. The van der Waals surface area contributed by atoms with E-state index in [1.165, 1.54) is 6.07 Å². The number of carboxylic acid groups (broad SMARTS) is 1. The normalized spacial score (nSPS) is 10.0. The van der Waals surface area contributed by atoms with Crippen LogP contribution in [0.1, 0.15) is 21.9 Å². The van der Waals surface area contributed by atoms with Gasteiger partial charge in [0, 0.05) is 11.3 Å². The quantitative estimate of drug-likeness (QED) is 0.668. The third-order valence-corrected chi connectivity index (χ3v) is 1.74. The maximum atomic E-state index is 10.4. The molecule has 0 saturated carbocycles. The fourth-order valence-electron chi connectivity index (χ4n) is 0.782. The molecule has 0 amide bonds. The molecular weight excluding hydrogens is 164 g/mol. The van der Waals surface area contributed by atoms with Gasteiger partial charge in [0.2, 0.25) is 5.76 Å². The summed E-state index contributed by atoms with van der Waals surface area (Å²) in [6.45, 7) is 1.72. The molecule has 1 aromatic rings. The van der Waals surface area contributed by atoms with Crippen molar-refractivity contribution in [3.8, 4) is 0 Å². The Morgan fingerprint density at radius 2 is 2.45 bits per heavy atom. The Kier molecular flexibility index (Phi) is 2.24. The summed E-state index contributed by atoms with van der Waals surface area (Å²) in [5.41, 5.74) is 0.825. The first kappa shape index (κ1) is 8.20. The second-order valence-electron chi connectivity index (χ2n) is 2.16. The van der Waals surface area contributed by atoms with Crippen LogP contribution in [0.2, 0.25) is 0 Å². The fourth-order valence-corrected chi connectivity index (χ4v) is 1.10. The van der Waals surface area contributed by atoms with E-state index in [-0.39, 0.29) is 5.76 Å². The molecule has 3 nitrogen and oxygen atoms in total. The van der Waals surface area contributed by atoms with Crippen molar-refractivity contribution < 1.29 is 14.3 Å². The van der Waals surface area contributed by atoms with Crippen LogP contribution in [0, 0.1) is 6.92 Å². The Labute approximate surface area is 69.4 Å². The van der Waals surface area contributed by atoms with Gasteiger partial charge in [0.25, 0.3) is 0 Å². The lowest BCUT2D eigenvalue weighted by Crippen LogP contribution is -1.91. The van der Waals surface area contributed by atoms with Crippen LogP contribution in [0.3, 0.4) is 0 Å². The summed E-state index contributed by atoms with van der Waals surface area (Å²) < 4.78 is 4.92. The summed E-state index contributed by atoms with van der Waals surface area (Å²) in [6.07, 6.45) is 0. The number of hydrogen-bond donors (Lipinski definition) is 2. The van der Waals surface area contributed by atoms with Gasteiger partial charge in [-0.25, -0.2) is 4.79 Å². The van der Waals surface area contributed by atoms with E-state index in [0.717, 1.165) is 5.56 Å². The molecule has 1 N–H and O–H groups in total. The first-order valence-corrected chi connectivity index (χ1v) is 3.72. The van der Waals surface area contributed by atoms with E-state index >= 15 is 0 Å². The van der Waals surface area contributed by atoms with E-state index in [1.807, 2.05) is 0 Å². The van der Waals surface area contributed by atoms with Gasteiger partial charge in [0.15, 0.2) is 0 Å². The maximum Gasteiger partial charge on any atom is 0.371 e. The van der Waals surface area contributed by atoms with Gasteiger partial charge in [-0.15, -0.1) is 0 Å². The Bertz CT molecular complexity index is 277. The number of thiol groups is 1. The highest BCUT2D eigenvalue weighted by atomic mass is 32.1. The monoisotopic (exact) mass is 172 g/mol. The Morgan fingerprint density at radius 3 is 2.73 bits per heavy atom. The Morgan fingerprint density at radius 1 is 1.82 bits per heavy atom. The molecule has 0 spiro atoms. The highest BCUT2D eigenvalue weighted by Gasteiger charge is 2.11. The molecule has 1 heterocycles. The summed E-state index contributed by atoms with van der Waals surface area (Å²) in [5, 5.41) is 8.50. The Hall–Kier alpha value is -0.900. The SMILES string of the molecule is Cc1oc(C(=O)O)cc1CS. The van der Waals surface area contributed by atoms with Crippen molar-refractivity contribution in [1.82, 2.24) is 0 Å². The molecule has 4 heteroatoms. The molecule has 11 heavy (non-hydrogen) atoms. The molecule has 0 fully saturated rings. The lowest BCUT2D eigenvalue weighted by atomic mass is 10.3. The molecular formula is C7H8O3S. The van der Waals surface area contributed by atoms with Crippen LogP contribution in [0.25, 0.3) is 0 Å². The lowest BCUT2D eigenvalue weighted by molar-refractivity contribution is 0.0661. The molecule has 1 aromatic heterocycles. The van der Waals surface area contributed by atoms with Crippen molar-refractivity contribution in [2.45, 2.75) is 12.7 Å². The average Bonchev–Trinajstić information content (AvgIpc) is 2.31. The number of carbonyl (C=O) groups is 1. The van der Waals surface area contributed by atoms with Crippen molar-refractivity contribution in [3.05, 3.63) is 23.2 Å². The molecule has 0 aromatic carbocycles. The van der Waals surface area contributed by atoms with E-state index in [1.54, 1.807) is 6.92 Å². The van der Waals surface area contributed by atoms with Crippen LogP contribution in [0.5, 0.6) is 0 Å². The van der Waals surface area contributed by atoms with Gasteiger partial charge in [0.05, 0.1) is 0 Å². The minimum atomic E-state index is -1.04. The number of carboxylic acids is 1. The smallest absolute Gasteiger partial charge is 0.371 e. The predicted molar refractivity (Wildman–Crippen MR) is 43.1 cm³/mol. The third kappa shape index (κ3) is 1.57. The van der Waals surface area contributed by atoms with E-state index in [0.29, 0.717) is 11.5 Å². The maximum absolute atomic E-state index is 10.4. The van der Waals surface area contributed by atoms with Gasteiger partial charge in [-0.1, -0.05) is 0 Å². The van der Waals surface area contributed by atoms with Gasteiger partial charge in [-0.05, 0) is 13.0 Å². The van der Waals surface area contributed by atoms with Crippen LogP contribution in [0.4, 0.5) is 0 Å². The molecule has 0 saturated heterocycles. The molecule has 0 atom stereocenters. The number of aryl methyl sites for hydroxylation is 1. The van der Waals surface area contributed by atoms with E-state index in [9.17, 15) is 4.79 Å². The third-order valence-electron chi connectivity index (χ3n) is 1.40. The van der Waals surface area contributed by atoms with Crippen LogP contribution in [-0.4, -0.2) is 11.1 Å². The zero-order valence-electron chi connectivity index (χ0n) is 6.00. The summed E-state index contributed by atoms with van der Waals surface area (Å²) in [7, 11) is 0. The van der Waals surface area contributed by atoms with Crippen LogP contribution < -0.4 is 0 Å². The highest BCUT2D eigenvalue weighted by molar-refractivity contribution is 7.79. The highest BCUT2D eigenvalue weighted by Crippen LogP contribution is 2.15. The summed E-state index contributed by atoms with van der Waals surface area (Å²) in [4.78, 5) is 10.4. The van der Waals surface area contributed by atoms with Gasteiger partial charge in [-0.3, -0.25) is 0 Å². The van der Waals surface area contributed by atoms with E-state index < -0.39 is 5.97 Å². The number of furan rings is 1. The standard InChI is InChI=1S/C7H8O3S/c1-4-5(3-11)2-6(10-4)7(8)9/h2,11H,3H2,1H3,(H,8,9). The predicted octanol–water partition coefficient (Wildman–Crippen LogP) is 1.72. The topological polar surface area (TPSA) is 50.4 Å². The molecule has 1 rings (SSSR count). The van der Waals surface area contributed by atoms with Crippen LogP contribution in [0.15, 0.2) is 10.5 Å². The van der Waals surface area contributed by atoms with Crippen molar-refractivity contribution in [2.24, 2.45) is 0 Å². The van der Waals surface area contributed by atoms with Crippen molar-refractivity contribution >= 4 is 18.6 Å². The molecule has 0 unspecified atom stereocenters. The van der Waals surface area contributed by atoms with E-state index in [2.05, 4.69) is 12.6 Å². The number of hydrogen-bond acceptors (Lipinski definition) is 3. The minimum Gasteiger partial charge on any atom is -0.475 e. The molecule has 0 bridgehead atoms. The molecule has 0 aliphatic heterocycles. The summed E-state index contributed by atoms with van der Waals surface area (Å²) >= 11 is 4.01. The first-order valence-electron chi connectivity index (χ1n) is 3.08. The van der Waals surface area contributed by atoms with E-state index in [4.69, 9.17) is 9.52 Å². The average molecular weight is 172 g/mol. The second-order valence-corrected chi connectivity index (χ2v) is 2.47. The zero-order valence-corrected chi connectivity index (χ0v) is 6.89. The van der Waals surface area contributed by atoms with Gasteiger partial charge in [-0.2, -0.15) is 12.6 Å². The molecule has 60 valence electrons. The van der Waals surface area contributed by atoms with Gasteiger partial charge >= 0.3 is 5.97 Å². The molecule has 0 aliphatic carbocycles. The number of rotatable bonds is 2. The van der Waals surface area contributed by atoms with Crippen molar-refractivity contribution in [1.29, 1.82) is 0 Å². The minimum absolute atomic E-state index is 0.0217. The number of aromatic carboxylic acids is 1. The first-order chi connectivity index (χ1) is 5.15. The van der Waals surface area contributed by atoms with Crippen LogP contribution in [-0.2, 0) is 5.75 Å². The lowest BCUT2D eigenvalue weighted by Gasteiger charge is -1.86. The Balaban J connectivity index is 3.05. The second kappa shape index (κ2) is 3.00. The van der Waals surface area contributed by atoms with Gasteiger partial charge in [0.1, 0.15) is 5.76 Å².